The minimum absolute atomic E-state index is 0.276. The fourth-order valence-electron chi connectivity index (χ4n) is 1.35. The van der Waals surface area contributed by atoms with Crippen LogP contribution in [0.1, 0.15) is 19.8 Å². The zero-order chi connectivity index (χ0) is 11.0. The molecule has 1 fully saturated rings. The van der Waals surface area contributed by atoms with Crippen molar-refractivity contribution in [1.82, 2.24) is 4.31 Å². The van der Waals surface area contributed by atoms with E-state index in [1.165, 1.54) is 7.05 Å². The number of likely N-dealkylation sites (N-methyl/N-ethyl adjacent to an activating group) is 1. The zero-order valence-electron chi connectivity index (χ0n) is 8.61. The first-order valence-electron chi connectivity index (χ1n) is 4.46. The van der Waals surface area contributed by atoms with Gasteiger partial charge in [0.05, 0.1) is 12.9 Å². The van der Waals surface area contributed by atoms with Crippen LogP contribution in [0.4, 0.5) is 0 Å². The van der Waals surface area contributed by atoms with Crippen molar-refractivity contribution < 1.29 is 17.9 Å². The van der Waals surface area contributed by atoms with Crippen LogP contribution < -0.4 is 0 Å². The van der Waals surface area contributed by atoms with Gasteiger partial charge in [-0.3, -0.25) is 4.79 Å². The molecule has 0 N–H and O–H groups in total. The summed E-state index contributed by atoms with van der Waals surface area (Å²) >= 11 is 0. The maximum Gasteiger partial charge on any atom is 0.327 e. The van der Waals surface area contributed by atoms with Crippen LogP contribution in [0.2, 0.25) is 0 Å². The van der Waals surface area contributed by atoms with Crippen molar-refractivity contribution in [2.24, 2.45) is 0 Å². The van der Waals surface area contributed by atoms with E-state index in [4.69, 9.17) is 4.74 Å². The van der Waals surface area contributed by atoms with Crippen LogP contribution in [0.5, 0.6) is 0 Å². The van der Waals surface area contributed by atoms with Crippen LogP contribution in [-0.4, -0.2) is 44.1 Å². The molecule has 0 aromatic carbocycles. The summed E-state index contributed by atoms with van der Waals surface area (Å²) in [4.78, 5) is 11.5. The van der Waals surface area contributed by atoms with E-state index < -0.39 is 21.5 Å². The lowest BCUT2D eigenvalue weighted by atomic mass is 10.3. The fourth-order valence-corrected chi connectivity index (χ4v) is 2.24. The maximum absolute atomic E-state index is 11.5. The van der Waals surface area contributed by atoms with Gasteiger partial charge in [-0.1, -0.05) is 0 Å². The van der Waals surface area contributed by atoms with Gasteiger partial charge in [0.15, 0.2) is 0 Å². The Balaban J connectivity index is 2.82. The van der Waals surface area contributed by atoms with E-state index in [1.54, 1.807) is 6.92 Å². The van der Waals surface area contributed by atoms with E-state index in [2.05, 4.69) is 0 Å². The average molecular weight is 221 g/mol. The lowest BCUT2D eigenvalue weighted by Crippen LogP contribution is -2.45. The first kappa shape index (κ1) is 11.5. The van der Waals surface area contributed by atoms with E-state index >= 15 is 0 Å². The number of esters is 1. The van der Waals surface area contributed by atoms with Crippen LogP contribution in [0.3, 0.4) is 0 Å². The molecule has 0 aliphatic heterocycles. The Kier molecular flexibility index (Phi) is 2.87. The van der Waals surface area contributed by atoms with Gasteiger partial charge in [0, 0.05) is 7.05 Å². The molecule has 1 saturated carbocycles. The molecule has 0 radical (unpaired) electrons. The van der Waals surface area contributed by atoms with Crippen LogP contribution in [0.15, 0.2) is 0 Å². The van der Waals surface area contributed by atoms with Gasteiger partial charge in [0.2, 0.25) is 10.0 Å². The minimum Gasteiger partial charge on any atom is -0.465 e. The van der Waals surface area contributed by atoms with Crippen LogP contribution >= 0.6 is 0 Å². The van der Waals surface area contributed by atoms with E-state index in [-0.39, 0.29) is 6.61 Å². The van der Waals surface area contributed by atoms with E-state index in [1.807, 2.05) is 0 Å². The first-order valence-corrected chi connectivity index (χ1v) is 6.30. The van der Waals surface area contributed by atoms with Gasteiger partial charge >= 0.3 is 5.97 Å². The molecule has 14 heavy (non-hydrogen) atoms. The first-order chi connectivity index (χ1) is 6.34. The van der Waals surface area contributed by atoms with Gasteiger partial charge in [-0.05, 0) is 19.8 Å². The molecule has 0 aromatic heterocycles. The van der Waals surface area contributed by atoms with Crippen LogP contribution in [0.25, 0.3) is 0 Å². The van der Waals surface area contributed by atoms with E-state index in [0.717, 1.165) is 10.6 Å². The van der Waals surface area contributed by atoms with Crippen molar-refractivity contribution in [3.63, 3.8) is 0 Å². The third-order valence-corrected chi connectivity index (χ3v) is 3.82. The molecule has 0 heterocycles. The molecule has 5 nitrogen and oxygen atoms in total. The summed E-state index contributed by atoms with van der Waals surface area (Å²) in [6.07, 6.45) is 2.19. The number of rotatable bonds is 4. The quantitative estimate of drug-likeness (QED) is 0.625. The van der Waals surface area contributed by atoms with Crippen molar-refractivity contribution in [2.45, 2.75) is 25.3 Å². The van der Waals surface area contributed by atoms with Gasteiger partial charge in [-0.2, -0.15) is 4.31 Å². The molecular weight excluding hydrogens is 206 g/mol. The minimum atomic E-state index is -3.33. The Morgan fingerprint density at radius 2 is 2.00 bits per heavy atom. The second-order valence-electron chi connectivity index (χ2n) is 3.48. The normalized spacial score (nSPS) is 19.4. The molecule has 0 saturated heterocycles. The summed E-state index contributed by atoms with van der Waals surface area (Å²) in [5.74, 6) is -0.437. The summed E-state index contributed by atoms with van der Waals surface area (Å²) in [5.41, 5.74) is -0.913. The van der Waals surface area contributed by atoms with Gasteiger partial charge in [0.25, 0.3) is 0 Å². The molecule has 0 amide bonds. The van der Waals surface area contributed by atoms with Crippen molar-refractivity contribution in [3.8, 4) is 0 Å². The number of carbonyl (C=O) groups is 1. The topological polar surface area (TPSA) is 63.7 Å². The highest BCUT2D eigenvalue weighted by Crippen LogP contribution is 2.43. The molecule has 0 aromatic rings. The van der Waals surface area contributed by atoms with Crippen molar-refractivity contribution >= 4 is 16.0 Å². The highest BCUT2D eigenvalue weighted by atomic mass is 32.2. The third kappa shape index (κ3) is 1.90. The van der Waals surface area contributed by atoms with Crippen LogP contribution in [0, 0.1) is 0 Å². The number of hydrogen-bond donors (Lipinski definition) is 0. The molecule has 0 atom stereocenters. The third-order valence-electron chi connectivity index (χ3n) is 2.48. The molecule has 1 aliphatic rings. The molecule has 82 valence electrons. The Hall–Kier alpha value is -0.620. The van der Waals surface area contributed by atoms with E-state index in [9.17, 15) is 13.2 Å². The monoisotopic (exact) mass is 221 g/mol. The summed E-state index contributed by atoms with van der Waals surface area (Å²) in [5, 5.41) is 0. The van der Waals surface area contributed by atoms with Crippen molar-refractivity contribution in [3.05, 3.63) is 0 Å². The number of nitrogens with zero attached hydrogens (tertiary/aromatic N) is 1. The second kappa shape index (κ2) is 3.51. The fraction of sp³-hybridized carbons (Fsp3) is 0.875. The number of hydrogen-bond acceptors (Lipinski definition) is 4. The van der Waals surface area contributed by atoms with E-state index in [0.29, 0.717) is 12.8 Å². The highest BCUT2D eigenvalue weighted by Gasteiger charge is 2.57. The molecule has 0 unspecified atom stereocenters. The summed E-state index contributed by atoms with van der Waals surface area (Å²) in [6.45, 7) is 1.98. The summed E-state index contributed by atoms with van der Waals surface area (Å²) in [7, 11) is -1.91. The Morgan fingerprint density at radius 3 is 2.29 bits per heavy atom. The Bertz CT molecular complexity index is 331. The molecule has 1 rings (SSSR count). The van der Waals surface area contributed by atoms with Gasteiger partial charge in [0.1, 0.15) is 5.54 Å². The molecule has 0 spiro atoms. The summed E-state index contributed by atoms with van der Waals surface area (Å²) in [6, 6.07) is 0. The molecular formula is C8H15NO4S. The number of sulfonamides is 1. The average Bonchev–Trinajstić information content (AvgIpc) is 2.82. The smallest absolute Gasteiger partial charge is 0.327 e. The van der Waals surface area contributed by atoms with Crippen LogP contribution in [-0.2, 0) is 19.6 Å². The summed E-state index contributed by atoms with van der Waals surface area (Å²) < 4.78 is 28.4. The maximum atomic E-state index is 11.5. The molecule has 6 heteroatoms. The molecule has 0 bridgehead atoms. The SMILES string of the molecule is CCOC(=O)C1(N(C)S(C)(=O)=O)CC1. The lowest BCUT2D eigenvalue weighted by molar-refractivity contribution is -0.148. The highest BCUT2D eigenvalue weighted by molar-refractivity contribution is 7.88. The largest absolute Gasteiger partial charge is 0.465 e. The van der Waals surface area contributed by atoms with Gasteiger partial charge in [-0.15, -0.1) is 0 Å². The number of ether oxygens (including phenoxy) is 1. The lowest BCUT2D eigenvalue weighted by Gasteiger charge is -2.23. The predicted octanol–water partition coefficient (Wildman–Crippen LogP) is -0.0265. The molecule has 1 aliphatic carbocycles. The Morgan fingerprint density at radius 1 is 1.50 bits per heavy atom. The van der Waals surface area contributed by atoms with Gasteiger partial charge in [-0.25, -0.2) is 8.42 Å². The van der Waals surface area contributed by atoms with Gasteiger partial charge < -0.3 is 4.74 Å². The Labute approximate surface area is 84.1 Å². The number of carbonyl (C=O) groups excluding carboxylic acids is 1. The zero-order valence-corrected chi connectivity index (χ0v) is 9.43. The predicted molar refractivity (Wildman–Crippen MR) is 51.2 cm³/mol. The van der Waals surface area contributed by atoms with Crippen molar-refractivity contribution in [2.75, 3.05) is 19.9 Å². The van der Waals surface area contributed by atoms with Crippen molar-refractivity contribution in [1.29, 1.82) is 0 Å². The second-order valence-corrected chi connectivity index (χ2v) is 5.50. The standard InChI is InChI=1S/C8H15NO4S/c1-4-13-7(10)8(5-6-8)9(2)14(3,11)12/h4-6H2,1-3H3.